The van der Waals surface area contributed by atoms with Crippen LogP contribution in [0.25, 0.3) is 0 Å². The summed E-state index contributed by atoms with van der Waals surface area (Å²) in [5, 5.41) is 0. The van der Waals surface area contributed by atoms with Crippen LogP contribution in [0.2, 0.25) is 0 Å². The van der Waals surface area contributed by atoms with Gasteiger partial charge in [0.15, 0.2) is 5.78 Å². The van der Waals surface area contributed by atoms with Gasteiger partial charge in [0.25, 0.3) is 0 Å². The number of ketones is 1. The average molecular weight is 251 g/mol. The summed E-state index contributed by atoms with van der Waals surface area (Å²) in [6.45, 7) is 0. The second-order valence-electron chi connectivity index (χ2n) is 2.99. The summed E-state index contributed by atoms with van der Waals surface area (Å²) in [6, 6.07) is 5.69. The van der Waals surface area contributed by atoms with Crippen LogP contribution in [0.4, 0.5) is 4.39 Å². The summed E-state index contributed by atoms with van der Waals surface area (Å²) in [5.74, 6) is -1.93. The lowest BCUT2D eigenvalue weighted by Gasteiger charge is -2.00. The second kappa shape index (κ2) is 4.72. The van der Waals surface area contributed by atoms with Crippen LogP contribution in [0.5, 0.6) is 0 Å². The highest BCUT2D eigenvalue weighted by atomic mass is 35.7. The summed E-state index contributed by atoms with van der Waals surface area (Å²) >= 11 is 0. The summed E-state index contributed by atoms with van der Waals surface area (Å²) in [5.41, 5.74) is 0.169. The van der Waals surface area contributed by atoms with Crippen LogP contribution in [0.15, 0.2) is 24.3 Å². The Bertz CT molecular complexity index is 470. The fraction of sp³-hybridized carbons (Fsp3) is 0.222. The molecule has 0 atom stereocenters. The van der Waals surface area contributed by atoms with Gasteiger partial charge in [-0.05, 0) is 11.6 Å². The average Bonchev–Trinajstić information content (AvgIpc) is 2.05. The number of benzene rings is 1. The fourth-order valence-corrected chi connectivity index (χ4v) is 1.95. The van der Waals surface area contributed by atoms with E-state index >= 15 is 0 Å². The van der Waals surface area contributed by atoms with E-state index in [0.29, 0.717) is 0 Å². The number of halogens is 2. The number of hydrogen-bond donors (Lipinski definition) is 0. The molecule has 0 aliphatic carbocycles. The second-order valence-corrected chi connectivity index (χ2v) is 5.77. The van der Waals surface area contributed by atoms with Crippen molar-refractivity contribution in [3.63, 3.8) is 0 Å². The zero-order chi connectivity index (χ0) is 11.5. The molecule has 0 unspecified atom stereocenters. The van der Waals surface area contributed by atoms with Gasteiger partial charge in [0.2, 0.25) is 9.05 Å². The number of carbonyl (C=O) groups is 1. The molecule has 3 nitrogen and oxygen atoms in total. The minimum Gasteiger partial charge on any atom is -0.298 e. The van der Waals surface area contributed by atoms with E-state index in [1.165, 1.54) is 18.2 Å². The van der Waals surface area contributed by atoms with Crippen LogP contribution in [-0.2, 0) is 20.3 Å². The number of hydrogen-bond acceptors (Lipinski definition) is 3. The topological polar surface area (TPSA) is 51.2 Å². The normalized spacial score (nSPS) is 11.3. The van der Waals surface area contributed by atoms with E-state index in [0.717, 1.165) is 0 Å². The first-order valence-electron chi connectivity index (χ1n) is 4.06. The first kappa shape index (κ1) is 12.1. The molecule has 0 N–H and O–H groups in total. The molecule has 82 valence electrons. The summed E-state index contributed by atoms with van der Waals surface area (Å²) in [4.78, 5) is 11.2. The van der Waals surface area contributed by atoms with Crippen molar-refractivity contribution in [3.8, 4) is 0 Å². The molecular formula is C9H8ClFO3S. The molecule has 0 saturated carbocycles. The molecule has 0 heterocycles. The van der Waals surface area contributed by atoms with Gasteiger partial charge in [-0.25, -0.2) is 12.8 Å². The number of Topliss-reactive ketones (excluding diaryl/α,β-unsaturated/α-hetero) is 1. The maximum absolute atomic E-state index is 13.0. The first-order valence-corrected chi connectivity index (χ1v) is 6.54. The Morgan fingerprint density at radius 2 is 1.93 bits per heavy atom. The van der Waals surface area contributed by atoms with Gasteiger partial charge in [-0.3, -0.25) is 4.79 Å². The quantitative estimate of drug-likeness (QED) is 0.761. The molecule has 15 heavy (non-hydrogen) atoms. The zero-order valence-corrected chi connectivity index (χ0v) is 9.18. The monoisotopic (exact) mass is 250 g/mol. The van der Waals surface area contributed by atoms with Crippen molar-refractivity contribution in [1.82, 2.24) is 0 Å². The Balaban J connectivity index is 2.72. The van der Waals surface area contributed by atoms with Gasteiger partial charge in [0, 0.05) is 17.1 Å². The molecular weight excluding hydrogens is 243 g/mol. The van der Waals surface area contributed by atoms with E-state index in [1.54, 1.807) is 6.07 Å². The van der Waals surface area contributed by atoms with Gasteiger partial charge in [-0.15, -0.1) is 0 Å². The lowest BCUT2D eigenvalue weighted by atomic mass is 10.1. The van der Waals surface area contributed by atoms with E-state index < -0.39 is 26.4 Å². The first-order chi connectivity index (χ1) is 6.88. The standard InChI is InChI=1S/C9H8ClFO3S/c10-15(13,14)6-8(12)5-7-3-1-2-4-9(7)11/h1-4H,5-6H2. The zero-order valence-electron chi connectivity index (χ0n) is 7.61. The van der Waals surface area contributed by atoms with E-state index in [4.69, 9.17) is 10.7 Å². The number of carbonyl (C=O) groups excluding carboxylic acids is 1. The minimum absolute atomic E-state index is 0.169. The van der Waals surface area contributed by atoms with Crippen molar-refractivity contribution in [2.24, 2.45) is 0 Å². The van der Waals surface area contributed by atoms with Crippen molar-refractivity contribution in [1.29, 1.82) is 0 Å². The summed E-state index contributed by atoms with van der Waals surface area (Å²) in [6.07, 6.45) is -0.265. The van der Waals surface area contributed by atoms with Gasteiger partial charge in [-0.1, -0.05) is 18.2 Å². The SMILES string of the molecule is O=C(Cc1ccccc1F)CS(=O)(=O)Cl. The van der Waals surface area contributed by atoms with Gasteiger partial charge < -0.3 is 0 Å². The van der Waals surface area contributed by atoms with Crippen LogP contribution in [0.1, 0.15) is 5.56 Å². The van der Waals surface area contributed by atoms with Gasteiger partial charge in [0.1, 0.15) is 11.6 Å². The largest absolute Gasteiger partial charge is 0.298 e. The maximum Gasteiger partial charge on any atom is 0.239 e. The Hall–Kier alpha value is -0.940. The molecule has 1 aromatic carbocycles. The van der Waals surface area contributed by atoms with Crippen molar-refractivity contribution in [2.75, 3.05) is 5.75 Å². The molecule has 0 aromatic heterocycles. The molecule has 0 amide bonds. The molecule has 0 spiro atoms. The molecule has 0 saturated heterocycles. The van der Waals surface area contributed by atoms with Crippen LogP contribution >= 0.6 is 10.7 Å². The van der Waals surface area contributed by atoms with Crippen molar-refractivity contribution in [2.45, 2.75) is 6.42 Å². The van der Waals surface area contributed by atoms with Crippen molar-refractivity contribution < 1.29 is 17.6 Å². The van der Waals surface area contributed by atoms with E-state index in [2.05, 4.69) is 0 Å². The lowest BCUT2D eigenvalue weighted by Crippen LogP contribution is -2.14. The van der Waals surface area contributed by atoms with E-state index in [9.17, 15) is 17.6 Å². The Morgan fingerprint density at radius 3 is 2.47 bits per heavy atom. The molecule has 0 radical (unpaired) electrons. The van der Waals surface area contributed by atoms with Gasteiger partial charge >= 0.3 is 0 Å². The van der Waals surface area contributed by atoms with Gasteiger partial charge in [-0.2, -0.15) is 0 Å². The molecule has 0 fully saturated rings. The van der Waals surface area contributed by atoms with Crippen molar-refractivity contribution >= 4 is 25.5 Å². The Morgan fingerprint density at radius 1 is 1.33 bits per heavy atom. The van der Waals surface area contributed by atoms with Crippen LogP contribution in [0.3, 0.4) is 0 Å². The molecule has 0 bridgehead atoms. The summed E-state index contributed by atoms with van der Waals surface area (Å²) < 4.78 is 34.2. The molecule has 1 aromatic rings. The lowest BCUT2D eigenvalue weighted by molar-refractivity contribution is -0.116. The predicted molar refractivity (Wildman–Crippen MR) is 54.8 cm³/mol. The van der Waals surface area contributed by atoms with Crippen molar-refractivity contribution in [3.05, 3.63) is 35.6 Å². The minimum atomic E-state index is -3.86. The van der Waals surface area contributed by atoms with E-state index in [1.807, 2.05) is 0 Å². The highest BCUT2D eigenvalue weighted by molar-refractivity contribution is 8.14. The molecule has 0 aliphatic rings. The third kappa shape index (κ3) is 4.40. The highest BCUT2D eigenvalue weighted by Crippen LogP contribution is 2.08. The fourth-order valence-electron chi connectivity index (χ4n) is 1.10. The maximum atomic E-state index is 13.0. The van der Waals surface area contributed by atoms with Crippen LogP contribution in [-0.4, -0.2) is 20.0 Å². The third-order valence-electron chi connectivity index (χ3n) is 1.68. The number of rotatable bonds is 4. The third-order valence-corrected chi connectivity index (χ3v) is 2.67. The predicted octanol–water partition coefficient (Wildman–Crippen LogP) is 1.51. The highest BCUT2D eigenvalue weighted by Gasteiger charge is 2.14. The molecule has 0 aliphatic heterocycles. The molecule has 1 rings (SSSR count). The van der Waals surface area contributed by atoms with E-state index in [-0.39, 0.29) is 12.0 Å². The van der Waals surface area contributed by atoms with Crippen LogP contribution < -0.4 is 0 Å². The Labute approximate surface area is 91.3 Å². The summed E-state index contributed by atoms with van der Waals surface area (Å²) in [7, 11) is 1.04. The smallest absolute Gasteiger partial charge is 0.239 e. The van der Waals surface area contributed by atoms with Gasteiger partial charge in [0.05, 0.1) is 0 Å². The van der Waals surface area contributed by atoms with Crippen LogP contribution in [0, 0.1) is 5.82 Å². The Kier molecular flexibility index (Phi) is 3.82. The molecule has 6 heteroatoms.